The van der Waals surface area contributed by atoms with Gasteiger partial charge in [0.2, 0.25) is 5.90 Å². The van der Waals surface area contributed by atoms with Gasteiger partial charge in [0, 0.05) is 52.6 Å². The van der Waals surface area contributed by atoms with Crippen LogP contribution in [-0.4, -0.2) is 42.2 Å². The minimum Gasteiger partial charge on any atom is -0.494 e. The van der Waals surface area contributed by atoms with E-state index in [1.54, 1.807) is 60.7 Å². The van der Waals surface area contributed by atoms with Gasteiger partial charge in [0.15, 0.2) is 11.6 Å². The van der Waals surface area contributed by atoms with E-state index in [1.165, 1.54) is 12.1 Å². The Labute approximate surface area is 281 Å². The highest BCUT2D eigenvalue weighted by molar-refractivity contribution is 6.01. The number of nitrogens with zero attached hydrogens (tertiary/aromatic N) is 7. The molecule has 3 N–H and O–H groups in total. The fourth-order valence-electron chi connectivity index (χ4n) is 5.54. The number of azide groups is 2. The van der Waals surface area contributed by atoms with Gasteiger partial charge in [-0.25, -0.2) is 14.8 Å². The van der Waals surface area contributed by atoms with Crippen LogP contribution in [0.2, 0.25) is 0 Å². The van der Waals surface area contributed by atoms with Crippen molar-refractivity contribution in [3.63, 3.8) is 0 Å². The summed E-state index contributed by atoms with van der Waals surface area (Å²) in [6.45, 7) is 0.687. The van der Waals surface area contributed by atoms with E-state index < -0.39 is 17.6 Å². The van der Waals surface area contributed by atoms with Crippen molar-refractivity contribution in [2.45, 2.75) is 37.5 Å². The van der Waals surface area contributed by atoms with Crippen LogP contribution in [0.15, 0.2) is 112 Å². The van der Waals surface area contributed by atoms with Crippen molar-refractivity contribution in [1.82, 2.24) is 10.9 Å². The molecule has 0 spiro atoms. The fourth-order valence-corrected chi connectivity index (χ4v) is 5.54. The minimum atomic E-state index is -1.66. The molecular weight excluding hydrogens is 629 g/mol. The molecule has 14 heteroatoms. The molecule has 0 aromatic heterocycles. The molecule has 0 saturated carbocycles. The molecule has 0 saturated heterocycles. The molecule has 0 bridgehead atoms. The van der Waals surface area contributed by atoms with Gasteiger partial charge in [-0.05, 0) is 70.6 Å². The number of hydrazine groups is 1. The van der Waals surface area contributed by atoms with Crippen molar-refractivity contribution in [3.05, 3.63) is 152 Å². The summed E-state index contributed by atoms with van der Waals surface area (Å²) in [6, 6.07) is 27.3. The lowest BCUT2D eigenvalue weighted by Gasteiger charge is -2.32. The van der Waals surface area contributed by atoms with E-state index in [-0.39, 0.29) is 43.5 Å². The number of ether oxygens (including phenoxy) is 2. The first-order chi connectivity index (χ1) is 24.0. The number of carbonyl (C=O) groups excluding carboxylic acids is 1. The van der Waals surface area contributed by atoms with Crippen molar-refractivity contribution < 1.29 is 23.8 Å². The number of amides is 1. The van der Waals surface area contributed by atoms with Crippen LogP contribution in [0.25, 0.3) is 20.9 Å². The number of benzene rings is 4. The van der Waals surface area contributed by atoms with E-state index in [9.17, 15) is 14.7 Å². The van der Waals surface area contributed by atoms with Crippen LogP contribution in [0.3, 0.4) is 0 Å². The minimum absolute atomic E-state index is 0.0112. The summed E-state index contributed by atoms with van der Waals surface area (Å²) in [5.74, 6) is -0.134. The number of halogens is 1. The zero-order valence-corrected chi connectivity index (χ0v) is 26.4. The van der Waals surface area contributed by atoms with E-state index in [0.717, 1.165) is 5.56 Å². The van der Waals surface area contributed by atoms with Crippen LogP contribution in [0.1, 0.15) is 40.3 Å². The normalized spacial score (nSPS) is 16.4. The number of carbonyl (C=O) groups is 1. The highest BCUT2D eigenvalue weighted by Gasteiger charge is 2.54. The fraction of sp³-hybridized carbons (Fsp3) is 0.257. The molecule has 0 fully saturated rings. The summed E-state index contributed by atoms with van der Waals surface area (Å²) in [5, 5.41) is 16.7. The Kier molecular flexibility index (Phi) is 11.8. The average Bonchev–Trinajstić information content (AvgIpc) is 3.50. The zero-order chi connectivity index (χ0) is 34.5. The van der Waals surface area contributed by atoms with Gasteiger partial charge < -0.3 is 14.6 Å². The molecule has 13 nitrogen and oxygen atoms in total. The van der Waals surface area contributed by atoms with Crippen LogP contribution < -0.4 is 15.6 Å². The van der Waals surface area contributed by atoms with E-state index in [4.69, 9.17) is 25.1 Å². The maximum Gasteiger partial charge on any atom is 0.266 e. The molecule has 2 atom stereocenters. The second kappa shape index (κ2) is 16.8. The highest BCUT2D eigenvalue weighted by atomic mass is 19.1. The molecule has 4 aromatic rings. The number of aliphatic hydroxyl groups is 1. The Morgan fingerprint density at radius 2 is 1.78 bits per heavy atom. The van der Waals surface area contributed by atoms with Gasteiger partial charge in [0.1, 0.15) is 11.6 Å². The van der Waals surface area contributed by atoms with Gasteiger partial charge in [-0.15, -0.1) is 0 Å². The van der Waals surface area contributed by atoms with Gasteiger partial charge in [-0.3, -0.25) is 10.2 Å². The van der Waals surface area contributed by atoms with Gasteiger partial charge in [0.25, 0.3) is 5.91 Å². The standard InChI is InChI=1S/C35H34FN9O4/c36-28-10-5-7-24(21-28)17-18-39-43-34(47)35(22-26-8-1-2-9-27(26)23-40-44-37)32(30-11-3-4-12-31(30)42-45-38)49-33(41-35)25-13-15-29(16-14-25)48-20-6-19-46/h1-5,7-16,21,32,39,46H,6,17-20,22-23H2,(H,43,47)/t32-,35-/m0/s1. The van der Waals surface area contributed by atoms with Crippen molar-refractivity contribution in [2.75, 3.05) is 19.8 Å². The van der Waals surface area contributed by atoms with Crippen molar-refractivity contribution in [3.8, 4) is 5.75 Å². The molecule has 250 valence electrons. The summed E-state index contributed by atoms with van der Waals surface area (Å²) < 4.78 is 26.0. The number of rotatable bonds is 16. The van der Waals surface area contributed by atoms with E-state index in [1.807, 2.05) is 24.3 Å². The Balaban J connectivity index is 1.57. The first-order valence-electron chi connectivity index (χ1n) is 15.6. The van der Waals surface area contributed by atoms with Crippen LogP contribution in [-0.2, 0) is 28.9 Å². The monoisotopic (exact) mass is 663 g/mol. The van der Waals surface area contributed by atoms with Crippen LogP contribution in [0.4, 0.5) is 10.1 Å². The van der Waals surface area contributed by atoms with E-state index in [2.05, 4.69) is 30.9 Å². The average molecular weight is 664 g/mol. The summed E-state index contributed by atoms with van der Waals surface area (Å²) in [7, 11) is 0. The van der Waals surface area contributed by atoms with Crippen molar-refractivity contribution in [1.29, 1.82) is 0 Å². The molecule has 0 radical (unpaired) electrons. The maximum absolute atomic E-state index is 14.5. The highest BCUT2D eigenvalue weighted by Crippen LogP contribution is 2.45. The molecule has 1 aliphatic heterocycles. The van der Waals surface area contributed by atoms with Crippen LogP contribution in [0.5, 0.6) is 5.75 Å². The Morgan fingerprint density at radius 3 is 2.53 bits per heavy atom. The Morgan fingerprint density at radius 1 is 1.00 bits per heavy atom. The van der Waals surface area contributed by atoms with Gasteiger partial charge in [-0.1, -0.05) is 70.9 Å². The molecule has 1 aliphatic rings. The van der Waals surface area contributed by atoms with Gasteiger partial charge in [0.05, 0.1) is 13.2 Å². The first kappa shape index (κ1) is 34.4. The van der Waals surface area contributed by atoms with Gasteiger partial charge >= 0.3 is 0 Å². The number of hydrogen-bond acceptors (Lipinski definition) is 8. The third-order valence-electron chi connectivity index (χ3n) is 7.91. The van der Waals surface area contributed by atoms with E-state index in [0.29, 0.717) is 47.5 Å². The smallest absolute Gasteiger partial charge is 0.266 e. The molecule has 0 aliphatic carbocycles. The lowest BCUT2D eigenvalue weighted by molar-refractivity contribution is -0.130. The maximum atomic E-state index is 14.5. The Hall–Kier alpha value is -5.91. The predicted molar refractivity (Wildman–Crippen MR) is 181 cm³/mol. The molecule has 1 amide bonds. The topological polar surface area (TPSA) is 190 Å². The number of aliphatic hydroxyl groups excluding tert-OH is 1. The quantitative estimate of drug-likeness (QED) is 0.0394. The SMILES string of the molecule is [N-]=[N+]=NCc1ccccc1C[C@]1(C(=O)NNCCc2cccc(F)c2)N=C(c2ccc(OCCCO)cc2)O[C@H]1c1ccccc1N=[N+]=[N-]. The van der Waals surface area contributed by atoms with Crippen molar-refractivity contribution >= 4 is 17.5 Å². The third kappa shape index (κ3) is 8.52. The van der Waals surface area contributed by atoms with Crippen LogP contribution >= 0.6 is 0 Å². The first-order valence-corrected chi connectivity index (χ1v) is 15.6. The lowest BCUT2D eigenvalue weighted by atomic mass is 9.80. The molecule has 5 rings (SSSR count). The van der Waals surface area contributed by atoms with Gasteiger partial charge in [-0.2, -0.15) is 0 Å². The molecule has 0 unspecified atom stereocenters. The molecule has 49 heavy (non-hydrogen) atoms. The predicted octanol–water partition coefficient (Wildman–Crippen LogP) is 6.70. The lowest BCUT2D eigenvalue weighted by Crippen LogP contribution is -2.54. The number of aliphatic imine (C=N–C) groups is 1. The number of hydrogen-bond donors (Lipinski definition) is 3. The second-order valence-electron chi connectivity index (χ2n) is 11.1. The van der Waals surface area contributed by atoms with Crippen LogP contribution in [0, 0.1) is 5.82 Å². The molecular formula is C35H34FN9O4. The van der Waals surface area contributed by atoms with Crippen molar-refractivity contribution in [2.24, 2.45) is 15.2 Å². The second-order valence-corrected chi connectivity index (χ2v) is 11.1. The summed E-state index contributed by atoms with van der Waals surface area (Å²) in [5.41, 5.74) is 25.9. The zero-order valence-electron chi connectivity index (χ0n) is 26.4. The number of nitrogens with one attached hydrogen (secondary N) is 2. The van der Waals surface area contributed by atoms with E-state index >= 15 is 0 Å². The Bertz CT molecular complexity index is 1890. The summed E-state index contributed by atoms with van der Waals surface area (Å²) in [6.07, 6.45) is -0.134. The third-order valence-corrected chi connectivity index (χ3v) is 7.91. The largest absolute Gasteiger partial charge is 0.494 e. The molecule has 4 aromatic carbocycles. The molecule has 1 heterocycles. The summed E-state index contributed by atoms with van der Waals surface area (Å²) in [4.78, 5) is 25.4. The summed E-state index contributed by atoms with van der Waals surface area (Å²) >= 11 is 0.